The van der Waals surface area contributed by atoms with Gasteiger partial charge >= 0.3 is 11.9 Å². The molecule has 0 amide bonds. The third-order valence-electron chi connectivity index (χ3n) is 6.04. The van der Waals surface area contributed by atoms with Gasteiger partial charge < -0.3 is 10.2 Å². The van der Waals surface area contributed by atoms with Gasteiger partial charge in [-0.25, -0.2) is 14.0 Å². The Morgan fingerprint density at radius 1 is 1.10 bits per heavy atom. The van der Waals surface area contributed by atoms with E-state index in [2.05, 4.69) is 6.92 Å². The molecule has 1 saturated carbocycles. The number of hydrogen-bond acceptors (Lipinski definition) is 3. The Hall–Kier alpha value is -3.20. The Morgan fingerprint density at radius 2 is 1.80 bits per heavy atom. The zero-order valence-electron chi connectivity index (χ0n) is 16.8. The lowest BCUT2D eigenvalue weighted by atomic mass is 9.73. The zero-order chi connectivity index (χ0) is 21.8. The SMILES string of the molecule is CCCC1CCC(c2c(-c3ccc(C#N)c(F)c3)ccc(C(=O)O)c2C(=O)O)CC1. The van der Waals surface area contributed by atoms with E-state index in [1.165, 1.54) is 18.2 Å². The van der Waals surface area contributed by atoms with Gasteiger partial charge in [-0.15, -0.1) is 0 Å². The molecule has 0 bridgehead atoms. The summed E-state index contributed by atoms with van der Waals surface area (Å²) in [5.41, 5.74) is 0.841. The molecule has 0 aliphatic heterocycles. The fourth-order valence-corrected chi connectivity index (χ4v) is 4.63. The zero-order valence-corrected chi connectivity index (χ0v) is 16.8. The Bertz CT molecular complexity index is 1020. The van der Waals surface area contributed by atoms with Gasteiger partial charge in [-0.3, -0.25) is 0 Å². The molecule has 0 saturated heterocycles. The van der Waals surface area contributed by atoms with E-state index in [0.717, 1.165) is 38.5 Å². The number of halogens is 1. The van der Waals surface area contributed by atoms with Crippen LogP contribution in [0.15, 0.2) is 30.3 Å². The summed E-state index contributed by atoms with van der Waals surface area (Å²) >= 11 is 0. The highest BCUT2D eigenvalue weighted by Crippen LogP contribution is 2.43. The maximum Gasteiger partial charge on any atom is 0.336 e. The molecule has 2 aromatic carbocycles. The lowest BCUT2D eigenvalue weighted by molar-refractivity contribution is 0.0649. The average molecular weight is 409 g/mol. The van der Waals surface area contributed by atoms with Crippen molar-refractivity contribution in [3.8, 4) is 17.2 Å². The van der Waals surface area contributed by atoms with E-state index >= 15 is 0 Å². The highest BCUT2D eigenvalue weighted by molar-refractivity contribution is 6.04. The third kappa shape index (κ3) is 4.20. The van der Waals surface area contributed by atoms with Gasteiger partial charge in [0.15, 0.2) is 0 Å². The number of carboxylic acid groups (broad SMARTS) is 2. The number of rotatable bonds is 6. The Morgan fingerprint density at radius 3 is 2.33 bits per heavy atom. The van der Waals surface area contributed by atoms with Crippen molar-refractivity contribution in [2.75, 3.05) is 0 Å². The molecule has 30 heavy (non-hydrogen) atoms. The van der Waals surface area contributed by atoms with E-state index in [1.807, 2.05) is 0 Å². The monoisotopic (exact) mass is 409 g/mol. The van der Waals surface area contributed by atoms with Gasteiger partial charge in [-0.2, -0.15) is 5.26 Å². The van der Waals surface area contributed by atoms with E-state index in [0.29, 0.717) is 22.6 Å². The Balaban J connectivity index is 2.17. The van der Waals surface area contributed by atoms with Gasteiger partial charge in [0.25, 0.3) is 0 Å². The highest BCUT2D eigenvalue weighted by Gasteiger charge is 2.31. The molecule has 6 heteroatoms. The number of aromatic carboxylic acids is 2. The Labute approximate surface area is 174 Å². The first-order chi connectivity index (χ1) is 14.4. The first-order valence-electron chi connectivity index (χ1n) is 10.2. The number of nitrogens with zero attached hydrogens (tertiary/aromatic N) is 1. The van der Waals surface area contributed by atoms with E-state index in [9.17, 15) is 24.2 Å². The van der Waals surface area contributed by atoms with Crippen LogP contribution >= 0.6 is 0 Å². The van der Waals surface area contributed by atoms with Gasteiger partial charge in [0, 0.05) is 0 Å². The first-order valence-corrected chi connectivity index (χ1v) is 10.2. The molecule has 0 heterocycles. The molecule has 1 fully saturated rings. The predicted octanol–water partition coefficient (Wildman–Crippen LogP) is 5.83. The minimum absolute atomic E-state index is 0.0963. The fourth-order valence-electron chi connectivity index (χ4n) is 4.63. The predicted molar refractivity (Wildman–Crippen MR) is 110 cm³/mol. The molecule has 0 unspecified atom stereocenters. The summed E-state index contributed by atoms with van der Waals surface area (Å²) < 4.78 is 14.3. The van der Waals surface area contributed by atoms with Crippen LogP contribution in [0.25, 0.3) is 11.1 Å². The maximum absolute atomic E-state index is 14.3. The number of carbonyl (C=O) groups is 2. The summed E-state index contributed by atoms with van der Waals surface area (Å²) in [4.78, 5) is 23.9. The minimum atomic E-state index is -1.30. The van der Waals surface area contributed by atoms with Crippen molar-refractivity contribution in [3.63, 3.8) is 0 Å². The second kappa shape index (κ2) is 9.08. The van der Waals surface area contributed by atoms with Gasteiger partial charge in [0.2, 0.25) is 0 Å². The lowest BCUT2D eigenvalue weighted by Gasteiger charge is -2.31. The van der Waals surface area contributed by atoms with Crippen LogP contribution in [-0.4, -0.2) is 22.2 Å². The number of benzene rings is 2. The van der Waals surface area contributed by atoms with E-state index < -0.39 is 17.8 Å². The average Bonchev–Trinajstić information content (AvgIpc) is 2.73. The van der Waals surface area contributed by atoms with Gasteiger partial charge in [-0.1, -0.05) is 31.9 Å². The normalized spacial score (nSPS) is 18.6. The number of hydrogen-bond donors (Lipinski definition) is 2. The summed E-state index contributed by atoms with van der Waals surface area (Å²) in [7, 11) is 0. The van der Waals surface area contributed by atoms with E-state index in [1.54, 1.807) is 18.2 Å². The summed E-state index contributed by atoms with van der Waals surface area (Å²) in [6, 6.07) is 8.75. The van der Waals surface area contributed by atoms with Gasteiger partial charge in [0.05, 0.1) is 16.7 Å². The largest absolute Gasteiger partial charge is 0.478 e. The second-order valence-corrected chi connectivity index (χ2v) is 7.87. The van der Waals surface area contributed by atoms with Crippen LogP contribution < -0.4 is 0 Å². The molecule has 2 aromatic rings. The smallest absolute Gasteiger partial charge is 0.336 e. The standard InChI is InChI=1S/C24H24FNO4/c1-2-3-14-4-6-15(7-5-14)21-18(16-8-9-17(13-26)20(25)12-16)10-11-19(23(27)28)22(21)24(29)30/h8-12,14-15H,2-7H2,1H3,(H,27,28)(H,29,30). The van der Waals surface area contributed by atoms with Crippen molar-refractivity contribution in [3.05, 3.63) is 58.4 Å². The molecule has 1 aliphatic rings. The third-order valence-corrected chi connectivity index (χ3v) is 6.04. The van der Waals surface area contributed by atoms with Gasteiger partial charge in [-0.05, 0) is 72.4 Å². The van der Waals surface area contributed by atoms with Crippen molar-refractivity contribution >= 4 is 11.9 Å². The molecule has 0 radical (unpaired) electrons. The summed E-state index contributed by atoms with van der Waals surface area (Å²) in [5, 5.41) is 28.4. The van der Waals surface area contributed by atoms with Crippen LogP contribution in [0.1, 0.15) is 83.2 Å². The molecule has 156 valence electrons. The van der Waals surface area contributed by atoms with Crippen LogP contribution in [0.2, 0.25) is 0 Å². The molecule has 0 aromatic heterocycles. The van der Waals surface area contributed by atoms with E-state index in [4.69, 9.17) is 5.26 Å². The number of nitriles is 1. The summed E-state index contributed by atoms with van der Waals surface area (Å²) in [6.07, 6.45) is 5.66. The van der Waals surface area contributed by atoms with Crippen molar-refractivity contribution in [1.29, 1.82) is 5.26 Å². The van der Waals surface area contributed by atoms with Crippen molar-refractivity contribution < 1.29 is 24.2 Å². The van der Waals surface area contributed by atoms with Gasteiger partial charge in [0.1, 0.15) is 11.9 Å². The second-order valence-electron chi connectivity index (χ2n) is 7.87. The molecule has 0 spiro atoms. The van der Waals surface area contributed by atoms with Crippen LogP contribution in [0.3, 0.4) is 0 Å². The lowest BCUT2D eigenvalue weighted by Crippen LogP contribution is -2.19. The van der Waals surface area contributed by atoms with E-state index in [-0.39, 0.29) is 22.6 Å². The molecule has 5 nitrogen and oxygen atoms in total. The molecule has 1 aliphatic carbocycles. The fraction of sp³-hybridized carbons (Fsp3) is 0.375. The highest BCUT2D eigenvalue weighted by atomic mass is 19.1. The Kier molecular flexibility index (Phi) is 6.51. The summed E-state index contributed by atoms with van der Waals surface area (Å²) in [6.45, 7) is 2.14. The topological polar surface area (TPSA) is 98.4 Å². The van der Waals surface area contributed by atoms with Crippen molar-refractivity contribution in [1.82, 2.24) is 0 Å². The van der Waals surface area contributed by atoms with Crippen LogP contribution in [-0.2, 0) is 0 Å². The molecule has 0 atom stereocenters. The molecule has 2 N–H and O–H groups in total. The molecular formula is C24H24FNO4. The molecular weight excluding hydrogens is 385 g/mol. The summed E-state index contributed by atoms with van der Waals surface area (Å²) in [5.74, 6) is -2.80. The number of carboxylic acids is 2. The first kappa shape index (κ1) is 21.5. The van der Waals surface area contributed by atoms with Crippen LogP contribution in [0.4, 0.5) is 4.39 Å². The maximum atomic E-state index is 14.3. The van der Waals surface area contributed by atoms with Crippen molar-refractivity contribution in [2.24, 2.45) is 5.92 Å². The van der Waals surface area contributed by atoms with Crippen LogP contribution in [0, 0.1) is 23.1 Å². The quantitative estimate of drug-likeness (QED) is 0.625. The molecule has 3 rings (SSSR count). The van der Waals surface area contributed by atoms with Crippen LogP contribution in [0.5, 0.6) is 0 Å². The minimum Gasteiger partial charge on any atom is -0.478 e. The van der Waals surface area contributed by atoms with Crippen molar-refractivity contribution in [2.45, 2.75) is 51.4 Å².